The van der Waals surface area contributed by atoms with Gasteiger partial charge in [0.1, 0.15) is 0 Å². The summed E-state index contributed by atoms with van der Waals surface area (Å²) in [5, 5.41) is 2.84. The maximum absolute atomic E-state index is 12.8. The van der Waals surface area contributed by atoms with Crippen molar-refractivity contribution in [2.24, 2.45) is 5.92 Å². The number of carbonyl (C=O) groups is 1. The number of nitrogens with zero attached hydrogens (tertiary/aromatic N) is 1. The fraction of sp³-hybridized carbons (Fsp3) is 0.321. The number of rotatable bonds is 7. The molecule has 0 saturated carbocycles. The largest absolute Gasteiger partial charge is 0.322 e. The van der Waals surface area contributed by atoms with Crippen LogP contribution in [0.15, 0.2) is 71.6 Å². The number of hydrogen-bond acceptors (Lipinski definition) is 4. The summed E-state index contributed by atoms with van der Waals surface area (Å²) >= 11 is 0. The minimum absolute atomic E-state index is 0.131. The lowest BCUT2D eigenvalue weighted by Crippen LogP contribution is -2.33. The Morgan fingerprint density at radius 2 is 1.71 bits per heavy atom. The number of aryl methyl sites for hydroxylation is 2. The first-order chi connectivity index (χ1) is 16.7. The summed E-state index contributed by atoms with van der Waals surface area (Å²) in [5.41, 5.74) is 4.76. The molecule has 1 amide bonds. The molecule has 35 heavy (non-hydrogen) atoms. The van der Waals surface area contributed by atoms with Crippen LogP contribution in [0.5, 0.6) is 0 Å². The van der Waals surface area contributed by atoms with Crippen LogP contribution in [-0.2, 0) is 16.6 Å². The van der Waals surface area contributed by atoms with E-state index < -0.39 is 10.0 Å². The maximum Gasteiger partial charge on any atom is 0.261 e. The lowest BCUT2D eigenvalue weighted by atomic mass is 9.99. The third-order valence-electron chi connectivity index (χ3n) is 6.41. The molecule has 6 nitrogen and oxygen atoms in total. The molecule has 0 bridgehead atoms. The lowest BCUT2D eigenvalue weighted by molar-refractivity contribution is 0.102. The summed E-state index contributed by atoms with van der Waals surface area (Å²) in [5.74, 6) is 0.504. The van der Waals surface area contributed by atoms with E-state index in [1.54, 1.807) is 18.2 Å². The van der Waals surface area contributed by atoms with Gasteiger partial charge in [-0.15, -0.1) is 0 Å². The van der Waals surface area contributed by atoms with Crippen molar-refractivity contribution in [3.63, 3.8) is 0 Å². The Labute approximate surface area is 208 Å². The van der Waals surface area contributed by atoms with Gasteiger partial charge in [0, 0.05) is 24.3 Å². The molecule has 1 atom stereocenters. The summed E-state index contributed by atoms with van der Waals surface area (Å²) in [6, 6.07) is 19.4. The van der Waals surface area contributed by atoms with E-state index in [-0.39, 0.29) is 10.8 Å². The lowest BCUT2D eigenvalue weighted by Gasteiger charge is -2.30. The number of benzene rings is 3. The number of carbonyl (C=O) groups excluding carboxylic acids is 1. The molecular formula is C28H33N3O3S. The summed E-state index contributed by atoms with van der Waals surface area (Å²) in [7, 11) is -3.73. The molecule has 0 spiro atoms. The van der Waals surface area contributed by atoms with Gasteiger partial charge in [0.2, 0.25) is 0 Å². The van der Waals surface area contributed by atoms with E-state index in [9.17, 15) is 13.2 Å². The van der Waals surface area contributed by atoms with Crippen LogP contribution in [0.3, 0.4) is 0 Å². The SMILES string of the molecule is Cc1ccc(NS(=O)(=O)c2ccc(NC(=O)c3ccc(CN4CCC[C@H](C)C4)cc3)cc2)c(C)c1. The Bertz CT molecular complexity index is 1290. The molecule has 0 radical (unpaired) electrons. The van der Waals surface area contributed by atoms with Crippen molar-refractivity contribution >= 4 is 27.3 Å². The van der Waals surface area contributed by atoms with E-state index in [2.05, 4.69) is 21.9 Å². The second kappa shape index (κ2) is 10.6. The van der Waals surface area contributed by atoms with Gasteiger partial charge in [0.25, 0.3) is 15.9 Å². The predicted octanol–water partition coefficient (Wildman–Crippen LogP) is 5.59. The number of likely N-dealkylation sites (tertiary alicyclic amines) is 1. The Kier molecular flexibility index (Phi) is 7.57. The minimum atomic E-state index is -3.73. The third-order valence-corrected chi connectivity index (χ3v) is 7.79. The zero-order chi connectivity index (χ0) is 25.0. The molecule has 3 aromatic carbocycles. The number of nitrogens with one attached hydrogen (secondary N) is 2. The topological polar surface area (TPSA) is 78.5 Å². The Morgan fingerprint density at radius 1 is 1.00 bits per heavy atom. The normalized spacial score (nSPS) is 16.6. The zero-order valence-corrected chi connectivity index (χ0v) is 21.4. The fourth-order valence-electron chi connectivity index (χ4n) is 4.50. The van der Waals surface area contributed by atoms with Gasteiger partial charge in [0.05, 0.1) is 10.6 Å². The third kappa shape index (κ3) is 6.50. The highest BCUT2D eigenvalue weighted by molar-refractivity contribution is 7.92. The molecule has 184 valence electrons. The van der Waals surface area contributed by atoms with Crippen LogP contribution in [0.25, 0.3) is 0 Å². The molecule has 0 aromatic heterocycles. The van der Waals surface area contributed by atoms with Gasteiger partial charge in [-0.1, -0.05) is 36.8 Å². The van der Waals surface area contributed by atoms with Crippen molar-refractivity contribution in [3.8, 4) is 0 Å². The van der Waals surface area contributed by atoms with Crippen LogP contribution in [0.1, 0.15) is 46.8 Å². The van der Waals surface area contributed by atoms with E-state index in [1.165, 1.54) is 30.5 Å². The first-order valence-corrected chi connectivity index (χ1v) is 13.5. The van der Waals surface area contributed by atoms with Crippen LogP contribution < -0.4 is 10.0 Å². The fourth-order valence-corrected chi connectivity index (χ4v) is 5.63. The van der Waals surface area contributed by atoms with E-state index in [1.807, 2.05) is 50.2 Å². The number of hydrogen-bond donors (Lipinski definition) is 2. The van der Waals surface area contributed by atoms with E-state index in [0.29, 0.717) is 16.9 Å². The maximum atomic E-state index is 12.8. The molecule has 0 unspecified atom stereocenters. The second-order valence-electron chi connectivity index (χ2n) is 9.58. The summed E-state index contributed by atoms with van der Waals surface area (Å²) in [6.45, 7) is 9.26. The van der Waals surface area contributed by atoms with Crippen LogP contribution in [0.2, 0.25) is 0 Å². The highest BCUT2D eigenvalue weighted by atomic mass is 32.2. The highest BCUT2D eigenvalue weighted by Crippen LogP contribution is 2.22. The smallest absolute Gasteiger partial charge is 0.261 e. The van der Waals surface area contributed by atoms with Crippen molar-refractivity contribution < 1.29 is 13.2 Å². The number of anilines is 2. The molecule has 1 saturated heterocycles. The van der Waals surface area contributed by atoms with Gasteiger partial charge >= 0.3 is 0 Å². The monoisotopic (exact) mass is 491 g/mol. The summed E-state index contributed by atoms with van der Waals surface area (Å²) < 4.78 is 28.2. The Morgan fingerprint density at radius 3 is 2.37 bits per heavy atom. The van der Waals surface area contributed by atoms with Gasteiger partial charge in [-0.3, -0.25) is 14.4 Å². The molecule has 1 aliphatic rings. The molecule has 4 rings (SSSR count). The standard InChI is InChI=1S/C28H33N3O3S/c1-20-6-15-27(22(3)17-20)30-35(33,34)26-13-11-25(12-14-26)29-28(32)24-9-7-23(8-10-24)19-31-16-4-5-21(2)18-31/h6-15,17,21,30H,4-5,16,18-19H2,1-3H3,(H,29,32)/t21-/m0/s1. The molecule has 3 aromatic rings. The van der Waals surface area contributed by atoms with Crippen molar-refractivity contribution in [3.05, 3.63) is 89.0 Å². The molecule has 1 fully saturated rings. The van der Waals surface area contributed by atoms with Gasteiger partial charge < -0.3 is 5.32 Å². The molecule has 0 aliphatic carbocycles. The van der Waals surface area contributed by atoms with E-state index in [0.717, 1.165) is 36.7 Å². The average molecular weight is 492 g/mol. The van der Waals surface area contributed by atoms with Crippen molar-refractivity contribution in [2.45, 2.75) is 45.1 Å². The van der Waals surface area contributed by atoms with E-state index >= 15 is 0 Å². The number of amides is 1. The quantitative estimate of drug-likeness (QED) is 0.452. The molecule has 7 heteroatoms. The number of sulfonamides is 1. The van der Waals surface area contributed by atoms with Gasteiger partial charge in [0.15, 0.2) is 0 Å². The predicted molar refractivity (Wildman–Crippen MR) is 141 cm³/mol. The Hall–Kier alpha value is -3.16. The van der Waals surface area contributed by atoms with Crippen molar-refractivity contribution in [1.82, 2.24) is 4.90 Å². The van der Waals surface area contributed by atoms with Gasteiger partial charge in [-0.2, -0.15) is 0 Å². The summed E-state index contributed by atoms with van der Waals surface area (Å²) in [6.07, 6.45) is 2.54. The van der Waals surface area contributed by atoms with E-state index in [4.69, 9.17) is 0 Å². The number of piperidine rings is 1. The van der Waals surface area contributed by atoms with Gasteiger partial charge in [-0.25, -0.2) is 8.42 Å². The molecule has 2 N–H and O–H groups in total. The van der Waals surface area contributed by atoms with Crippen LogP contribution in [0.4, 0.5) is 11.4 Å². The second-order valence-corrected chi connectivity index (χ2v) is 11.3. The average Bonchev–Trinajstić information content (AvgIpc) is 2.82. The van der Waals surface area contributed by atoms with Crippen molar-refractivity contribution in [1.29, 1.82) is 0 Å². The Balaban J connectivity index is 1.36. The minimum Gasteiger partial charge on any atom is -0.322 e. The molecule has 1 heterocycles. The summed E-state index contributed by atoms with van der Waals surface area (Å²) in [4.78, 5) is 15.3. The van der Waals surface area contributed by atoms with Crippen molar-refractivity contribution in [2.75, 3.05) is 23.1 Å². The first-order valence-electron chi connectivity index (χ1n) is 12.0. The van der Waals surface area contributed by atoms with Crippen LogP contribution >= 0.6 is 0 Å². The van der Waals surface area contributed by atoms with Gasteiger partial charge in [-0.05, 0) is 92.7 Å². The zero-order valence-electron chi connectivity index (χ0n) is 20.5. The van der Waals surface area contributed by atoms with Crippen LogP contribution in [0, 0.1) is 19.8 Å². The van der Waals surface area contributed by atoms with Crippen LogP contribution in [-0.4, -0.2) is 32.3 Å². The molecule has 1 aliphatic heterocycles. The highest BCUT2D eigenvalue weighted by Gasteiger charge is 2.17. The molecular weight excluding hydrogens is 458 g/mol. The first kappa shape index (κ1) is 24.9.